The molecule has 0 aromatic heterocycles. The van der Waals surface area contributed by atoms with Gasteiger partial charge in [-0.3, -0.25) is 4.79 Å². The lowest BCUT2D eigenvalue weighted by Gasteiger charge is -2.37. The molecule has 0 saturated carbocycles. The molecule has 0 fully saturated rings. The Labute approximate surface area is 217 Å². The van der Waals surface area contributed by atoms with Crippen LogP contribution in [0.3, 0.4) is 0 Å². The van der Waals surface area contributed by atoms with E-state index in [9.17, 15) is 9.59 Å². The van der Waals surface area contributed by atoms with Gasteiger partial charge in [0.25, 0.3) is 0 Å². The third kappa shape index (κ3) is 4.75. The van der Waals surface area contributed by atoms with E-state index in [2.05, 4.69) is 5.32 Å². The van der Waals surface area contributed by atoms with Crippen LogP contribution in [-0.2, 0) is 14.3 Å². The number of carbonyl (C=O) groups is 2. The van der Waals surface area contributed by atoms with Crippen LogP contribution in [0.2, 0.25) is 0 Å². The number of para-hydroxylation sites is 1. The molecule has 0 saturated heterocycles. The van der Waals surface area contributed by atoms with Crippen molar-refractivity contribution in [3.63, 3.8) is 0 Å². The maximum absolute atomic E-state index is 13.9. The molecular weight excluding hydrogens is 474 g/mol. The lowest BCUT2D eigenvalue weighted by atomic mass is 9.71. The number of Topliss-reactive ketones (excluding diaryl/α,β-unsaturated/α-hetero) is 1. The third-order valence-electron chi connectivity index (χ3n) is 6.95. The molecule has 1 heterocycles. The molecule has 2 aromatic rings. The highest BCUT2D eigenvalue weighted by Gasteiger charge is 2.43. The van der Waals surface area contributed by atoms with Crippen molar-refractivity contribution in [2.75, 3.05) is 35.0 Å². The normalized spacial score (nSPS) is 19.1. The Morgan fingerprint density at radius 1 is 0.946 bits per heavy atom. The fraction of sp³-hybridized carbons (Fsp3) is 0.379. The number of rotatable bonds is 8. The summed E-state index contributed by atoms with van der Waals surface area (Å²) in [4.78, 5) is 27.1. The molecule has 1 aliphatic carbocycles. The Balaban J connectivity index is 1.84. The van der Waals surface area contributed by atoms with E-state index < -0.39 is 11.9 Å². The first kappa shape index (κ1) is 26.1. The summed E-state index contributed by atoms with van der Waals surface area (Å²) in [5.41, 5.74) is 4.04. The second-order valence-corrected chi connectivity index (χ2v) is 8.93. The van der Waals surface area contributed by atoms with Gasteiger partial charge in [0, 0.05) is 29.0 Å². The van der Waals surface area contributed by atoms with E-state index in [0.717, 1.165) is 11.3 Å². The van der Waals surface area contributed by atoms with Gasteiger partial charge in [-0.25, -0.2) is 4.79 Å². The number of ketones is 1. The molecular formula is C29H33NO7. The van der Waals surface area contributed by atoms with E-state index in [1.807, 2.05) is 37.3 Å². The number of allylic oxidation sites excluding steroid dienone is 3. The summed E-state index contributed by atoms with van der Waals surface area (Å²) in [5, 5.41) is 3.36. The minimum atomic E-state index is -0.654. The molecule has 37 heavy (non-hydrogen) atoms. The summed E-state index contributed by atoms with van der Waals surface area (Å²) in [7, 11) is 6.29. The monoisotopic (exact) mass is 507 g/mol. The van der Waals surface area contributed by atoms with E-state index in [1.54, 1.807) is 41.4 Å². The standard InChI is InChI=1S/C29H33NO7/c1-7-37-29(32)25-16(2)30-20-13-18(17-11-12-22(33-3)24(15-17)35-5)14-21(31)27(20)26(25)19-9-8-10-23(34-4)28(19)36-6/h8-12,15,18,26,30H,7,13-14H2,1-6H3/t18-,26-/m0/s1. The Bertz CT molecular complexity index is 1280. The fourth-order valence-corrected chi connectivity index (χ4v) is 5.31. The third-order valence-corrected chi connectivity index (χ3v) is 6.95. The summed E-state index contributed by atoms with van der Waals surface area (Å²) in [6, 6.07) is 11.2. The summed E-state index contributed by atoms with van der Waals surface area (Å²) in [6.07, 6.45) is 0.876. The second-order valence-electron chi connectivity index (χ2n) is 8.93. The molecule has 2 aliphatic rings. The zero-order chi connectivity index (χ0) is 26.7. The summed E-state index contributed by atoms with van der Waals surface area (Å²) < 4.78 is 27.5. The molecule has 0 bridgehead atoms. The Morgan fingerprint density at radius 2 is 1.68 bits per heavy atom. The number of dihydropyridines is 1. The lowest BCUT2D eigenvalue weighted by Crippen LogP contribution is -2.36. The average Bonchev–Trinajstić information content (AvgIpc) is 2.91. The first-order valence-corrected chi connectivity index (χ1v) is 12.2. The van der Waals surface area contributed by atoms with Crippen LogP contribution >= 0.6 is 0 Å². The topological polar surface area (TPSA) is 92.3 Å². The Morgan fingerprint density at radius 3 is 2.32 bits per heavy atom. The smallest absolute Gasteiger partial charge is 0.336 e. The van der Waals surface area contributed by atoms with Gasteiger partial charge in [-0.15, -0.1) is 0 Å². The number of esters is 1. The van der Waals surface area contributed by atoms with Gasteiger partial charge in [0.1, 0.15) is 0 Å². The number of nitrogens with one attached hydrogen (secondary N) is 1. The maximum Gasteiger partial charge on any atom is 0.336 e. The van der Waals surface area contributed by atoms with Crippen molar-refractivity contribution in [3.8, 4) is 23.0 Å². The molecule has 2 aromatic carbocycles. The molecule has 8 nitrogen and oxygen atoms in total. The van der Waals surface area contributed by atoms with E-state index in [0.29, 0.717) is 51.8 Å². The van der Waals surface area contributed by atoms with Crippen LogP contribution in [-0.4, -0.2) is 46.8 Å². The first-order valence-electron chi connectivity index (χ1n) is 12.2. The van der Waals surface area contributed by atoms with Gasteiger partial charge < -0.3 is 29.0 Å². The maximum atomic E-state index is 13.9. The molecule has 0 spiro atoms. The van der Waals surface area contributed by atoms with Gasteiger partial charge >= 0.3 is 5.97 Å². The van der Waals surface area contributed by atoms with Crippen molar-refractivity contribution in [2.45, 2.75) is 38.5 Å². The number of hydrogen-bond donors (Lipinski definition) is 1. The van der Waals surface area contributed by atoms with Crippen molar-refractivity contribution in [3.05, 3.63) is 70.1 Å². The number of methoxy groups -OCH3 is 4. The van der Waals surface area contributed by atoms with Gasteiger partial charge in [0.05, 0.1) is 46.5 Å². The van der Waals surface area contributed by atoms with Crippen LogP contribution in [0.25, 0.3) is 0 Å². The number of hydrogen-bond acceptors (Lipinski definition) is 8. The molecule has 4 rings (SSSR count). The SMILES string of the molecule is CCOC(=O)C1=C(C)NC2=C(C(=O)C[C@@H](c3ccc(OC)c(OC)c3)C2)[C@H]1c1cccc(OC)c1OC. The van der Waals surface area contributed by atoms with Crippen LogP contribution in [0.1, 0.15) is 49.7 Å². The average molecular weight is 508 g/mol. The predicted molar refractivity (Wildman–Crippen MR) is 138 cm³/mol. The van der Waals surface area contributed by atoms with E-state index >= 15 is 0 Å². The van der Waals surface area contributed by atoms with Gasteiger partial charge in [-0.05, 0) is 49.9 Å². The first-order chi connectivity index (χ1) is 17.9. The highest BCUT2D eigenvalue weighted by Crippen LogP contribution is 2.49. The van der Waals surface area contributed by atoms with Crippen molar-refractivity contribution >= 4 is 11.8 Å². The highest BCUT2D eigenvalue weighted by molar-refractivity contribution is 6.04. The predicted octanol–water partition coefficient (Wildman–Crippen LogP) is 4.65. The van der Waals surface area contributed by atoms with Crippen molar-refractivity contribution in [1.82, 2.24) is 5.32 Å². The van der Waals surface area contributed by atoms with Crippen molar-refractivity contribution in [1.29, 1.82) is 0 Å². The van der Waals surface area contributed by atoms with Gasteiger partial charge in [-0.2, -0.15) is 0 Å². The van der Waals surface area contributed by atoms with Crippen LogP contribution in [0.5, 0.6) is 23.0 Å². The summed E-state index contributed by atoms with van der Waals surface area (Å²) in [5.74, 6) is 1.01. The van der Waals surface area contributed by atoms with Crippen LogP contribution in [0.4, 0.5) is 0 Å². The molecule has 1 aliphatic heterocycles. The zero-order valence-corrected chi connectivity index (χ0v) is 22.1. The fourth-order valence-electron chi connectivity index (χ4n) is 5.31. The summed E-state index contributed by atoms with van der Waals surface area (Å²) >= 11 is 0. The number of carbonyl (C=O) groups excluding carboxylic acids is 2. The second kappa shape index (κ2) is 11.0. The van der Waals surface area contributed by atoms with E-state index in [4.69, 9.17) is 23.7 Å². The minimum absolute atomic E-state index is 0.0438. The molecule has 1 N–H and O–H groups in total. The molecule has 2 atom stereocenters. The van der Waals surface area contributed by atoms with Crippen LogP contribution in [0, 0.1) is 0 Å². The van der Waals surface area contributed by atoms with Gasteiger partial charge in [0.2, 0.25) is 0 Å². The summed E-state index contributed by atoms with van der Waals surface area (Å²) in [6.45, 7) is 3.81. The van der Waals surface area contributed by atoms with Crippen LogP contribution < -0.4 is 24.3 Å². The molecule has 0 radical (unpaired) electrons. The molecule has 0 amide bonds. The minimum Gasteiger partial charge on any atom is -0.493 e. The van der Waals surface area contributed by atoms with Crippen LogP contribution in [0.15, 0.2) is 58.9 Å². The zero-order valence-electron chi connectivity index (χ0n) is 22.1. The van der Waals surface area contributed by atoms with Crippen molar-refractivity contribution in [2.24, 2.45) is 0 Å². The van der Waals surface area contributed by atoms with Gasteiger partial charge in [-0.1, -0.05) is 18.2 Å². The quantitative estimate of drug-likeness (QED) is 0.517. The molecule has 196 valence electrons. The van der Waals surface area contributed by atoms with E-state index in [1.165, 1.54) is 0 Å². The highest BCUT2D eigenvalue weighted by atomic mass is 16.5. The number of benzene rings is 2. The number of ether oxygens (including phenoxy) is 5. The van der Waals surface area contributed by atoms with E-state index in [-0.39, 0.29) is 24.7 Å². The Kier molecular flexibility index (Phi) is 7.76. The van der Waals surface area contributed by atoms with Crippen molar-refractivity contribution < 1.29 is 33.3 Å². The van der Waals surface area contributed by atoms with Gasteiger partial charge in [0.15, 0.2) is 28.8 Å². The lowest BCUT2D eigenvalue weighted by molar-refractivity contribution is -0.138. The molecule has 8 heteroatoms. The Hall–Kier alpha value is -3.94. The molecule has 0 unspecified atom stereocenters. The largest absolute Gasteiger partial charge is 0.493 e.